The van der Waals surface area contributed by atoms with E-state index in [0.29, 0.717) is 6.04 Å². The zero-order chi connectivity index (χ0) is 9.03. The summed E-state index contributed by atoms with van der Waals surface area (Å²) in [6, 6.07) is 0.526. The SMILES string of the molecule is CC(C)(C)N=NC1CCCCC1. The third-order valence-electron chi connectivity index (χ3n) is 2.10. The minimum Gasteiger partial charge on any atom is -0.190 e. The molecule has 1 aliphatic carbocycles. The van der Waals surface area contributed by atoms with Gasteiger partial charge in [0, 0.05) is 0 Å². The molecule has 2 heteroatoms. The van der Waals surface area contributed by atoms with Crippen molar-refractivity contribution >= 4 is 0 Å². The summed E-state index contributed by atoms with van der Waals surface area (Å²) in [4.78, 5) is 0. The van der Waals surface area contributed by atoms with Gasteiger partial charge >= 0.3 is 0 Å². The third-order valence-corrected chi connectivity index (χ3v) is 2.10. The molecule has 12 heavy (non-hydrogen) atoms. The Morgan fingerprint density at radius 1 is 1.00 bits per heavy atom. The molecular weight excluding hydrogens is 148 g/mol. The highest BCUT2D eigenvalue weighted by Gasteiger charge is 2.13. The molecule has 1 aliphatic rings. The van der Waals surface area contributed by atoms with Crippen LogP contribution in [-0.4, -0.2) is 11.6 Å². The minimum atomic E-state index is 0.0114. The van der Waals surface area contributed by atoms with Crippen molar-refractivity contribution in [1.29, 1.82) is 0 Å². The molecule has 0 amide bonds. The molecule has 70 valence electrons. The molecule has 1 saturated carbocycles. The summed E-state index contributed by atoms with van der Waals surface area (Å²) >= 11 is 0. The maximum Gasteiger partial charge on any atom is 0.0732 e. The lowest BCUT2D eigenvalue weighted by molar-refractivity contribution is 0.409. The van der Waals surface area contributed by atoms with E-state index < -0.39 is 0 Å². The molecule has 0 atom stereocenters. The molecule has 0 spiro atoms. The van der Waals surface area contributed by atoms with E-state index in [4.69, 9.17) is 0 Å². The van der Waals surface area contributed by atoms with Gasteiger partial charge in [-0.1, -0.05) is 19.3 Å². The predicted octanol–water partition coefficient (Wildman–Crippen LogP) is 3.57. The van der Waals surface area contributed by atoms with E-state index in [1.54, 1.807) is 0 Å². The summed E-state index contributed by atoms with van der Waals surface area (Å²) in [5.41, 5.74) is 0.0114. The second-order valence-corrected chi connectivity index (χ2v) is 4.68. The zero-order valence-corrected chi connectivity index (χ0v) is 8.51. The van der Waals surface area contributed by atoms with Crippen LogP contribution in [0.1, 0.15) is 52.9 Å². The maximum absolute atomic E-state index is 4.38. The summed E-state index contributed by atoms with van der Waals surface area (Å²) in [5.74, 6) is 0. The van der Waals surface area contributed by atoms with Crippen LogP contribution in [0.4, 0.5) is 0 Å². The van der Waals surface area contributed by atoms with Gasteiger partial charge in [-0.05, 0) is 33.6 Å². The van der Waals surface area contributed by atoms with Gasteiger partial charge in [0.15, 0.2) is 0 Å². The molecule has 0 aliphatic heterocycles. The molecule has 0 N–H and O–H groups in total. The lowest BCUT2D eigenvalue weighted by Crippen LogP contribution is -2.13. The zero-order valence-electron chi connectivity index (χ0n) is 8.51. The molecule has 1 rings (SSSR count). The van der Waals surface area contributed by atoms with Crippen LogP contribution in [0.5, 0.6) is 0 Å². The molecule has 0 unspecified atom stereocenters. The van der Waals surface area contributed by atoms with E-state index in [-0.39, 0.29) is 5.54 Å². The second kappa shape index (κ2) is 4.01. The standard InChI is InChI=1S/C10H20N2/c1-10(2,3)12-11-9-7-5-4-6-8-9/h9H,4-8H2,1-3H3. The van der Waals surface area contributed by atoms with Gasteiger partial charge < -0.3 is 0 Å². The van der Waals surface area contributed by atoms with Gasteiger partial charge in [-0.15, -0.1) is 0 Å². The van der Waals surface area contributed by atoms with Crippen molar-refractivity contribution in [3.05, 3.63) is 0 Å². The quantitative estimate of drug-likeness (QED) is 0.535. The Hall–Kier alpha value is -0.400. The van der Waals surface area contributed by atoms with Crippen LogP contribution in [0.3, 0.4) is 0 Å². The van der Waals surface area contributed by atoms with Gasteiger partial charge in [-0.25, -0.2) is 0 Å². The highest BCUT2D eigenvalue weighted by atomic mass is 15.2. The van der Waals surface area contributed by atoms with Crippen molar-refractivity contribution in [2.45, 2.75) is 64.5 Å². The Morgan fingerprint density at radius 2 is 1.58 bits per heavy atom. The molecule has 0 radical (unpaired) electrons. The maximum atomic E-state index is 4.38. The first kappa shape index (κ1) is 9.69. The number of hydrogen-bond acceptors (Lipinski definition) is 2. The van der Waals surface area contributed by atoms with Gasteiger partial charge in [-0.3, -0.25) is 0 Å². The van der Waals surface area contributed by atoms with E-state index in [0.717, 1.165) is 0 Å². The van der Waals surface area contributed by atoms with E-state index in [9.17, 15) is 0 Å². The Morgan fingerprint density at radius 3 is 2.08 bits per heavy atom. The van der Waals surface area contributed by atoms with E-state index >= 15 is 0 Å². The lowest BCUT2D eigenvalue weighted by Gasteiger charge is -2.18. The van der Waals surface area contributed by atoms with Crippen LogP contribution in [-0.2, 0) is 0 Å². The highest BCUT2D eigenvalue weighted by molar-refractivity contribution is 4.73. The van der Waals surface area contributed by atoms with Crippen LogP contribution in [0.15, 0.2) is 10.2 Å². The molecule has 2 nitrogen and oxygen atoms in total. The van der Waals surface area contributed by atoms with Crippen LogP contribution in [0.2, 0.25) is 0 Å². The first-order chi connectivity index (χ1) is 5.58. The average molecular weight is 168 g/mol. The topological polar surface area (TPSA) is 24.7 Å². The molecule has 0 aromatic carbocycles. The second-order valence-electron chi connectivity index (χ2n) is 4.68. The van der Waals surface area contributed by atoms with Gasteiger partial charge in [0.25, 0.3) is 0 Å². The first-order valence-electron chi connectivity index (χ1n) is 5.00. The van der Waals surface area contributed by atoms with Crippen molar-refractivity contribution in [1.82, 2.24) is 0 Å². The molecule has 0 saturated heterocycles. The van der Waals surface area contributed by atoms with Crippen LogP contribution < -0.4 is 0 Å². The third kappa shape index (κ3) is 3.84. The van der Waals surface area contributed by atoms with Crippen LogP contribution in [0, 0.1) is 0 Å². The van der Waals surface area contributed by atoms with Crippen molar-refractivity contribution < 1.29 is 0 Å². The fourth-order valence-electron chi connectivity index (χ4n) is 1.45. The largest absolute Gasteiger partial charge is 0.190 e. The minimum absolute atomic E-state index is 0.0114. The number of hydrogen-bond donors (Lipinski definition) is 0. The fourth-order valence-corrected chi connectivity index (χ4v) is 1.45. The average Bonchev–Trinajstić information content (AvgIpc) is 2.02. The summed E-state index contributed by atoms with van der Waals surface area (Å²) in [6.07, 6.45) is 6.57. The Balaban J connectivity index is 2.33. The van der Waals surface area contributed by atoms with Gasteiger partial charge in [0.05, 0.1) is 11.6 Å². The smallest absolute Gasteiger partial charge is 0.0732 e. The summed E-state index contributed by atoms with van der Waals surface area (Å²) in [7, 11) is 0. The molecule has 1 fully saturated rings. The van der Waals surface area contributed by atoms with Crippen molar-refractivity contribution in [3.63, 3.8) is 0 Å². The Kier molecular flexibility index (Phi) is 3.24. The predicted molar refractivity (Wildman–Crippen MR) is 51.5 cm³/mol. The van der Waals surface area contributed by atoms with Gasteiger partial charge in [0.1, 0.15) is 0 Å². The lowest BCUT2D eigenvalue weighted by atomic mass is 9.96. The number of azo groups is 1. The molecular formula is C10H20N2. The summed E-state index contributed by atoms with van der Waals surface area (Å²) in [6.45, 7) is 6.29. The van der Waals surface area contributed by atoms with Crippen molar-refractivity contribution in [3.8, 4) is 0 Å². The Bertz CT molecular complexity index is 150. The van der Waals surface area contributed by atoms with Crippen molar-refractivity contribution in [2.24, 2.45) is 10.2 Å². The molecule has 0 heterocycles. The number of rotatable bonds is 1. The van der Waals surface area contributed by atoms with Crippen LogP contribution in [0.25, 0.3) is 0 Å². The van der Waals surface area contributed by atoms with E-state index in [2.05, 4.69) is 31.0 Å². The fraction of sp³-hybridized carbons (Fsp3) is 1.00. The monoisotopic (exact) mass is 168 g/mol. The summed E-state index contributed by atoms with van der Waals surface area (Å²) < 4.78 is 0. The number of nitrogens with zero attached hydrogens (tertiary/aromatic N) is 2. The van der Waals surface area contributed by atoms with E-state index in [1.165, 1.54) is 32.1 Å². The van der Waals surface area contributed by atoms with E-state index in [1.807, 2.05) is 0 Å². The van der Waals surface area contributed by atoms with Crippen molar-refractivity contribution in [2.75, 3.05) is 0 Å². The van der Waals surface area contributed by atoms with Gasteiger partial charge in [-0.2, -0.15) is 10.2 Å². The summed E-state index contributed by atoms with van der Waals surface area (Å²) in [5, 5.41) is 8.68. The molecule has 0 aromatic heterocycles. The molecule has 0 bridgehead atoms. The first-order valence-corrected chi connectivity index (χ1v) is 5.00. The highest BCUT2D eigenvalue weighted by Crippen LogP contribution is 2.21. The van der Waals surface area contributed by atoms with Gasteiger partial charge in [0.2, 0.25) is 0 Å². The Labute approximate surface area is 75.5 Å². The van der Waals surface area contributed by atoms with Crippen LogP contribution >= 0.6 is 0 Å². The normalized spacial score (nSPS) is 21.9. The molecule has 0 aromatic rings.